The van der Waals surface area contributed by atoms with E-state index < -0.39 is 0 Å². The van der Waals surface area contributed by atoms with Gasteiger partial charge in [-0.25, -0.2) is 0 Å². The lowest BCUT2D eigenvalue weighted by molar-refractivity contribution is -0.123. The Balaban J connectivity index is 1.45. The molecule has 2 aromatic rings. The summed E-state index contributed by atoms with van der Waals surface area (Å²) in [4.78, 5) is 18.5. The molecule has 0 spiro atoms. The molecule has 3 aliphatic rings. The SMILES string of the molecule is C=C(C)[C@H]1Cc2c(ccc(C3=NOC4COc5cc(OC)c(OC)cc5C34)c2OCC(=O)NCCOCCI)O1. The van der Waals surface area contributed by atoms with Gasteiger partial charge >= 0.3 is 0 Å². The first-order valence-electron chi connectivity index (χ1n) is 13.1. The van der Waals surface area contributed by atoms with Gasteiger partial charge in [-0.1, -0.05) is 34.3 Å². The Hall–Kier alpha value is -3.19. The van der Waals surface area contributed by atoms with Crippen LogP contribution in [0.5, 0.6) is 28.7 Å². The van der Waals surface area contributed by atoms with Crippen molar-refractivity contribution in [2.75, 3.05) is 51.6 Å². The number of hydrogen-bond donors (Lipinski definition) is 1. The minimum absolute atomic E-state index is 0.166. The van der Waals surface area contributed by atoms with Crippen molar-refractivity contribution in [1.82, 2.24) is 5.32 Å². The summed E-state index contributed by atoms with van der Waals surface area (Å²) in [6.07, 6.45) is 0.0746. The van der Waals surface area contributed by atoms with Crippen LogP contribution >= 0.6 is 22.6 Å². The summed E-state index contributed by atoms with van der Waals surface area (Å²) in [5, 5.41) is 7.34. The highest BCUT2D eigenvalue weighted by molar-refractivity contribution is 14.1. The summed E-state index contributed by atoms with van der Waals surface area (Å²) in [6, 6.07) is 7.54. The third kappa shape index (κ3) is 5.67. The molecule has 1 N–H and O–H groups in total. The number of rotatable bonds is 12. The van der Waals surface area contributed by atoms with E-state index in [1.807, 2.05) is 31.2 Å². The second-order valence-corrected chi connectivity index (χ2v) is 10.7. The number of carbonyl (C=O) groups excluding carboxylic acids is 1. The van der Waals surface area contributed by atoms with Gasteiger partial charge in [-0.05, 0) is 30.7 Å². The molecular weight excluding hydrogens is 631 g/mol. The van der Waals surface area contributed by atoms with Gasteiger partial charge in [0.15, 0.2) is 24.2 Å². The summed E-state index contributed by atoms with van der Waals surface area (Å²) in [5.41, 5.74) is 4.07. The third-order valence-corrected chi connectivity index (χ3v) is 7.49. The number of nitrogens with zero attached hydrogens (tertiary/aromatic N) is 1. The third-order valence-electron chi connectivity index (χ3n) is 7.05. The quantitative estimate of drug-likeness (QED) is 0.158. The van der Waals surface area contributed by atoms with Crippen LogP contribution in [0.15, 0.2) is 41.6 Å². The number of alkyl halides is 1. The van der Waals surface area contributed by atoms with Gasteiger partial charge < -0.3 is 38.6 Å². The molecular formula is C29H33IN2O8. The molecule has 1 amide bonds. The van der Waals surface area contributed by atoms with Crippen LogP contribution in [0.25, 0.3) is 0 Å². The maximum absolute atomic E-state index is 12.6. The minimum atomic E-state index is -0.327. The number of carbonyl (C=O) groups is 1. The number of benzene rings is 2. The Morgan fingerprint density at radius 3 is 2.73 bits per heavy atom. The zero-order valence-corrected chi connectivity index (χ0v) is 24.9. The molecule has 11 heteroatoms. The molecule has 3 atom stereocenters. The predicted octanol–water partition coefficient (Wildman–Crippen LogP) is 3.81. The van der Waals surface area contributed by atoms with Gasteiger partial charge in [-0.3, -0.25) is 4.79 Å². The number of ether oxygens (including phenoxy) is 6. The average Bonchev–Trinajstić information content (AvgIpc) is 3.60. The van der Waals surface area contributed by atoms with E-state index in [4.69, 9.17) is 33.3 Å². The van der Waals surface area contributed by atoms with Crippen LogP contribution in [0.4, 0.5) is 0 Å². The molecule has 0 aliphatic carbocycles. The van der Waals surface area contributed by atoms with Crippen molar-refractivity contribution < 1.29 is 38.1 Å². The summed E-state index contributed by atoms with van der Waals surface area (Å²) >= 11 is 2.24. The fourth-order valence-corrected chi connectivity index (χ4v) is 5.38. The highest BCUT2D eigenvalue weighted by Gasteiger charge is 2.44. The number of fused-ring (bicyclic) bond motifs is 4. The van der Waals surface area contributed by atoms with E-state index in [2.05, 4.69) is 39.6 Å². The van der Waals surface area contributed by atoms with E-state index in [9.17, 15) is 4.79 Å². The molecule has 0 radical (unpaired) electrons. The Labute approximate surface area is 247 Å². The van der Waals surface area contributed by atoms with Crippen LogP contribution < -0.4 is 29.0 Å². The molecule has 0 fully saturated rings. The minimum Gasteiger partial charge on any atom is -0.493 e. The first-order valence-corrected chi connectivity index (χ1v) is 14.6. The van der Waals surface area contributed by atoms with Gasteiger partial charge in [0.25, 0.3) is 5.91 Å². The first kappa shape index (κ1) is 28.3. The Morgan fingerprint density at radius 1 is 1.18 bits per heavy atom. The van der Waals surface area contributed by atoms with Crippen molar-refractivity contribution in [1.29, 1.82) is 0 Å². The fraction of sp³-hybridized carbons (Fsp3) is 0.448. The molecule has 40 heavy (non-hydrogen) atoms. The zero-order chi connectivity index (χ0) is 28.2. The maximum Gasteiger partial charge on any atom is 0.258 e. The van der Waals surface area contributed by atoms with E-state index in [0.29, 0.717) is 67.2 Å². The molecule has 2 aromatic carbocycles. The van der Waals surface area contributed by atoms with E-state index in [1.54, 1.807) is 14.2 Å². The zero-order valence-electron chi connectivity index (χ0n) is 22.8. The van der Waals surface area contributed by atoms with Crippen molar-refractivity contribution in [2.45, 2.75) is 31.5 Å². The largest absolute Gasteiger partial charge is 0.493 e. The van der Waals surface area contributed by atoms with Gasteiger partial charge in [0.1, 0.15) is 35.7 Å². The van der Waals surface area contributed by atoms with Crippen LogP contribution in [0.1, 0.15) is 29.5 Å². The fourth-order valence-electron chi connectivity index (χ4n) is 5.07. The van der Waals surface area contributed by atoms with Crippen molar-refractivity contribution in [3.63, 3.8) is 0 Å². The molecule has 2 unspecified atom stereocenters. The average molecular weight is 664 g/mol. The van der Waals surface area contributed by atoms with Crippen molar-refractivity contribution in [3.8, 4) is 28.7 Å². The summed E-state index contributed by atoms with van der Waals surface area (Å²) in [6.45, 7) is 7.66. The molecule has 0 saturated heterocycles. The first-order chi connectivity index (χ1) is 19.4. The molecule has 3 aliphatic heterocycles. The number of amides is 1. The van der Waals surface area contributed by atoms with Crippen molar-refractivity contribution in [2.24, 2.45) is 5.16 Å². The van der Waals surface area contributed by atoms with Crippen LogP contribution in [0.3, 0.4) is 0 Å². The highest BCUT2D eigenvalue weighted by atomic mass is 127. The number of methoxy groups -OCH3 is 2. The molecule has 0 saturated carbocycles. The number of hydrogen-bond acceptors (Lipinski definition) is 9. The van der Waals surface area contributed by atoms with Gasteiger partial charge in [-0.2, -0.15) is 0 Å². The molecule has 10 nitrogen and oxygen atoms in total. The van der Waals surface area contributed by atoms with E-state index in [0.717, 1.165) is 26.7 Å². The Kier molecular flexibility index (Phi) is 8.89. The van der Waals surface area contributed by atoms with Crippen LogP contribution in [-0.4, -0.2) is 75.4 Å². The number of nitrogens with one attached hydrogen (secondary N) is 1. The van der Waals surface area contributed by atoms with Gasteiger partial charge in [0.05, 0.1) is 33.4 Å². The predicted molar refractivity (Wildman–Crippen MR) is 157 cm³/mol. The standard InChI is InChI=1S/C29H33IN2O8/c1-16(2)21-12-19-20(39-21)6-5-17(29(19)38-15-26(33)31-8-10-36-9-7-30)28-27-18-11-23(34-3)24(35-4)13-22(18)37-14-25(27)40-32-28/h5-6,11,13,21,25,27H,1,7-10,12,14-15H2,2-4H3,(H,31,33)/t21-,25?,27?/m1/s1. The normalized spacial score (nSPS) is 20.1. The van der Waals surface area contributed by atoms with Crippen molar-refractivity contribution in [3.05, 3.63) is 53.1 Å². The topological polar surface area (TPSA) is 106 Å². The summed E-state index contributed by atoms with van der Waals surface area (Å²) < 4.78 is 35.7. The molecule has 214 valence electrons. The highest BCUT2D eigenvalue weighted by Crippen LogP contribution is 2.48. The Bertz CT molecular complexity index is 1310. The van der Waals surface area contributed by atoms with Gasteiger partial charge in [-0.15, -0.1) is 0 Å². The lowest BCUT2D eigenvalue weighted by Crippen LogP contribution is -2.33. The smallest absolute Gasteiger partial charge is 0.258 e. The second-order valence-electron chi connectivity index (χ2n) is 9.67. The van der Waals surface area contributed by atoms with Crippen molar-refractivity contribution >= 4 is 34.2 Å². The molecule has 0 aromatic heterocycles. The monoisotopic (exact) mass is 664 g/mol. The Morgan fingerprint density at radius 2 is 1.98 bits per heavy atom. The number of halogens is 1. The van der Waals surface area contributed by atoms with Crippen LogP contribution in [-0.2, 0) is 20.8 Å². The van der Waals surface area contributed by atoms with E-state index in [1.165, 1.54) is 0 Å². The molecule has 3 heterocycles. The lowest BCUT2D eigenvalue weighted by atomic mass is 9.83. The van der Waals surface area contributed by atoms with Gasteiger partial charge in [0, 0.05) is 40.1 Å². The van der Waals surface area contributed by atoms with E-state index in [-0.39, 0.29) is 30.6 Å². The molecule has 0 bridgehead atoms. The summed E-state index contributed by atoms with van der Waals surface area (Å²) in [5.74, 6) is 2.60. The second kappa shape index (κ2) is 12.5. The maximum atomic E-state index is 12.6. The van der Waals surface area contributed by atoms with Crippen LogP contribution in [0, 0.1) is 0 Å². The lowest BCUT2D eigenvalue weighted by Gasteiger charge is -2.29. The van der Waals surface area contributed by atoms with Crippen LogP contribution in [0.2, 0.25) is 0 Å². The summed E-state index contributed by atoms with van der Waals surface area (Å²) in [7, 11) is 3.18. The van der Waals surface area contributed by atoms with E-state index >= 15 is 0 Å². The number of oxime groups is 1. The molecule has 5 rings (SSSR count). The van der Waals surface area contributed by atoms with Gasteiger partial charge in [0.2, 0.25) is 0 Å².